The Hall–Kier alpha value is -1.06. The summed E-state index contributed by atoms with van der Waals surface area (Å²) in [4.78, 5) is 22.0. The molecule has 14 heavy (non-hydrogen) atoms. The highest BCUT2D eigenvalue weighted by Gasteiger charge is 2.26. The number of aromatic nitrogens is 1. The maximum atomic E-state index is 12.3. The van der Waals surface area contributed by atoms with Crippen molar-refractivity contribution in [2.75, 3.05) is 0 Å². The van der Waals surface area contributed by atoms with E-state index in [1.54, 1.807) is 4.98 Å². The van der Waals surface area contributed by atoms with Crippen molar-refractivity contribution in [1.29, 1.82) is 0 Å². The van der Waals surface area contributed by atoms with Crippen LogP contribution in [0.4, 0.5) is 14.5 Å². The van der Waals surface area contributed by atoms with E-state index in [-0.39, 0.29) is 3.57 Å². The second-order valence-corrected chi connectivity index (χ2v) is 3.46. The molecule has 1 rings (SSSR count). The Morgan fingerprint density at radius 2 is 2.14 bits per heavy atom. The molecular formula is C6H3F2IN2O3. The van der Waals surface area contributed by atoms with E-state index in [1.165, 1.54) is 22.6 Å². The van der Waals surface area contributed by atoms with E-state index in [0.29, 0.717) is 0 Å². The molecule has 76 valence electrons. The molecule has 0 aliphatic rings. The number of aromatic amines is 1. The Kier molecular flexibility index (Phi) is 3.13. The summed E-state index contributed by atoms with van der Waals surface area (Å²) >= 11 is 1.47. The lowest BCUT2D eigenvalue weighted by atomic mass is 10.3. The lowest BCUT2D eigenvalue weighted by Crippen LogP contribution is -2.12. The van der Waals surface area contributed by atoms with Crippen molar-refractivity contribution in [2.24, 2.45) is 0 Å². The van der Waals surface area contributed by atoms with Crippen molar-refractivity contribution >= 4 is 28.3 Å². The zero-order valence-corrected chi connectivity index (χ0v) is 8.62. The van der Waals surface area contributed by atoms with Gasteiger partial charge in [-0.05, 0) is 22.6 Å². The van der Waals surface area contributed by atoms with Crippen molar-refractivity contribution < 1.29 is 13.7 Å². The van der Waals surface area contributed by atoms with E-state index >= 15 is 0 Å². The van der Waals surface area contributed by atoms with Gasteiger partial charge in [-0.25, -0.2) is 8.78 Å². The number of nitro groups is 1. The van der Waals surface area contributed by atoms with Gasteiger partial charge in [-0.15, -0.1) is 0 Å². The van der Waals surface area contributed by atoms with Crippen LogP contribution in [-0.2, 0) is 0 Å². The molecule has 0 fully saturated rings. The van der Waals surface area contributed by atoms with Crippen LogP contribution in [0.1, 0.15) is 12.1 Å². The fraction of sp³-hybridized carbons (Fsp3) is 0.167. The number of H-pyrrole nitrogens is 1. The highest BCUT2D eigenvalue weighted by Crippen LogP contribution is 2.29. The maximum Gasteiger partial charge on any atom is 0.307 e. The number of rotatable bonds is 2. The van der Waals surface area contributed by atoms with Crippen molar-refractivity contribution in [3.05, 3.63) is 35.8 Å². The van der Waals surface area contributed by atoms with Gasteiger partial charge in [-0.1, -0.05) is 0 Å². The van der Waals surface area contributed by atoms with Crippen LogP contribution in [0.15, 0.2) is 10.9 Å². The molecule has 1 heterocycles. The molecule has 1 N–H and O–H groups in total. The van der Waals surface area contributed by atoms with Gasteiger partial charge in [0.1, 0.15) is 0 Å². The molecular weight excluding hydrogens is 313 g/mol. The van der Waals surface area contributed by atoms with Crippen LogP contribution in [-0.4, -0.2) is 9.91 Å². The summed E-state index contributed by atoms with van der Waals surface area (Å²) in [5.74, 6) is 0. The first-order valence-electron chi connectivity index (χ1n) is 3.28. The number of alkyl halides is 2. The molecule has 1 aromatic heterocycles. The predicted octanol–water partition coefficient (Wildman–Crippen LogP) is 1.83. The fourth-order valence-electron chi connectivity index (χ4n) is 0.884. The third-order valence-electron chi connectivity index (χ3n) is 1.40. The summed E-state index contributed by atoms with van der Waals surface area (Å²) in [5, 5.41) is 10.4. The van der Waals surface area contributed by atoms with Gasteiger partial charge < -0.3 is 4.98 Å². The minimum Gasteiger partial charge on any atom is -0.315 e. The lowest BCUT2D eigenvalue weighted by molar-refractivity contribution is -0.387. The molecule has 0 amide bonds. The summed E-state index contributed by atoms with van der Waals surface area (Å²) in [6.45, 7) is 0. The third kappa shape index (κ3) is 2.05. The Bertz CT molecular complexity index is 432. The van der Waals surface area contributed by atoms with Crippen molar-refractivity contribution in [2.45, 2.75) is 6.43 Å². The summed E-state index contributed by atoms with van der Waals surface area (Å²) < 4.78 is 24.4. The smallest absolute Gasteiger partial charge is 0.307 e. The Morgan fingerprint density at radius 3 is 2.57 bits per heavy atom. The van der Waals surface area contributed by atoms with Gasteiger partial charge >= 0.3 is 5.69 Å². The standard InChI is InChI=1S/C6H3F2IN2O3/c7-6(8)4-5(11(13)14)2(9)1-3(12)10-4/h1,6H,(H,10,12). The SMILES string of the molecule is O=c1cc(I)c([N+](=O)[O-])c(C(F)F)[nH]1. The molecule has 0 radical (unpaired) electrons. The number of nitrogens with zero attached hydrogens (tertiary/aromatic N) is 1. The minimum absolute atomic E-state index is 0.105. The molecule has 0 aliphatic heterocycles. The molecule has 0 atom stereocenters. The molecule has 0 bridgehead atoms. The monoisotopic (exact) mass is 316 g/mol. The second-order valence-electron chi connectivity index (χ2n) is 2.30. The van der Waals surface area contributed by atoms with Gasteiger partial charge in [0.25, 0.3) is 6.43 Å². The van der Waals surface area contributed by atoms with E-state index in [4.69, 9.17) is 0 Å². The first kappa shape index (κ1) is 11.0. The largest absolute Gasteiger partial charge is 0.315 e. The van der Waals surface area contributed by atoms with Crippen LogP contribution in [0.2, 0.25) is 0 Å². The average Bonchev–Trinajstić information content (AvgIpc) is 2.01. The molecule has 1 aromatic rings. The van der Waals surface area contributed by atoms with Crippen molar-refractivity contribution in [3.63, 3.8) is 0 Å². The zero-order chi connectivity index (χ0) is 10.9. The summed E-state index contributed by atoms with van der Waals surface area (Å²) in [6, 6.07) is 0.893. The number of hydrogen-bond donors (Lipinski definition) is 1. The molecule has 0 saturated heterocycles. The van der Waals surface area contributed by atoms with Gasteiger partial charge in [-0.2, -0.15) is 0 Å². The molecule has 8 heteroatoms. The van der Waals surface area contributed by atoms with Crippen molar-refractivity contribution in [1.82, 2.24) is 4.98 Å². The number of nitrogens with one attached hydrogen (secondary N) is 1. The van der Waals surface area contributed by atoms with Gasteiger partial charge in [0.05, 0.1) is 8.49 Å². The zero-order valence-electron chi connectivity index (χ0n) is 6.46. The van der Waals surface area contributed by atoms with Crippen molar-refractivity contribution in [3.8, 4) is 0 Å². The van der Waals surface area contributed by atoms with E-state index in [1.807, 2.05) is 0 Å². The van der Waals surface area contributed by atoms with Crippen LogP contribution in [0.3, 0.4) is 0 Å². The van der Waals surface area contributed by atoms with E-state index in [2.05, 4.69) is 0 Å². The third-order valence-corrected chi connectivity index (χ3v) is 2.22. The quantitative estimate of drug-likeness (QED) is 0.514. The van der Waals surface area contributed by atoms with E-state index in [0.717, 1.165) is 6.07 Å². The van der Waals surface area contributed by atoms with Crippen LogP contribution >= 0.6 is 22.6 Å². The van der Waals surface area contributed by atoms with Gasteiger partial charge in [0, 0.05) is 6.07 Å². The topological polar surface area (TPSA) is 76.0 Å². The Labute approximate surface area is 89.4 Å². The summed E-state index contributed by atoms with van der Waals surface area (Å²) in [7, 11) is 0. The fourth-order valence-corrected chi connectivity index (χ4v) is 1.65. The predicted molar refractivity (Wildman–Crippen MR) is 51.4 cm³/mol. The van der Waals surface area contributed by atoms with Crippen LogP contribution in [0.5, 0.6) is 0 Å². The first-order chi connectivity index (χ1) is 6.43. The van der Waals surface area contributed by atoms with Gasteiger partial charge in [0.15, 0.2) is 5.69 Å². The number of halogens is 3. The molecule has 0 aromatic carbocycles. The highest BCUT2D eigenvalue weighted by molar-refractivity contribution is 14.1. The summed E-state index contributed by atoms with van der Waals surface area (Å²) in [6.07, 6.45) is -3.07. The molecule has 0 spiro atoms. The lowest BCUT2D eigenvalue weighted by Gasteiger charge is -2.01. The number of hydrogen-bond acceptors (Lipinski definition) is 3. The molecule has 0 aliphatic carbocycles. The van der Waals surface area contributed by atoms with Crippen LogP contribution < -0.4 is 5.56 Å². The average molecular weight is 316 g/mol. The minimum atomic E-state index is -3.07. The molecule has 0 unspecified atom stereocenters. The van der Waals surface area contributed by atoms with E-state index < -0.39 is 28.3 Å². The first-order valence-corrected chi connectivity index (χ1v) is 4.36. The Morgan fingerprint density at radius 1 is 1.57 bits per heavy atom. The Balaban J connectivity index is 3.52. The normalized spacial score (nSPS) is 10.6. The molecule has 5 nitrogen and oxygen atoms in total. The molecule has 0 saturated carbocycles. The second kappa shape index (κ2) is 3.98. The number of pyridine rings is 1. The van der Waals surface area contributed by atoms with Gasteiger partial charge in [0.2, 0.25) is 5.56 Å². The van der Waals surface area contributed by atoms with E-state index in [9.17, 15) is 23.7 Å². The highest BCUT2D eigenvalue weighted by atomic mass is 127. The van der Waals surface area contributed by atoms with Crippen LogP contribution in [0.25, 0.3) is 0 Å². The maximum absolute atomic E-state index is 12.3. The van der Waals surface area contributed by atoms with Gasteiger partial charge in [-0.3, -0.25) is 14.9 Å². The summed E-state index contributed by atoms with van der Waals surface area (Å²) in [5.41, 5.74) is -2.48. The van der Waals surface area contributed by atoms with Crippen LogP contribution in [0, 0.1) is 13.7 Å².